The van der Waals surface area contributed by atoms with E-state index in [9.17, 15) is 4.79 Å². The number of nitrogen functional groups attached to an aromatic ring is 1. The van der Waals surface area contributed by atoms with Gasteiger partial charge in [0.1, 0.15) is 5.82 Å². The third-order valence-corrected chi connectivity index (χ3v) is 4.83. The van der Waals surface area contributed by atoms with E-state index in [-0.39, 0.29) is 12.0 Å². The molecule has 12 heteroatoms. The summed E-state index contributed by atoms with van der Waals surface area (Å²) >= 11 is 0. The van der Waals surface area contributed by atoms with Crippen molar-refractivity contribution in [2.75, 3.05) is 37.4 Å². The molecule has 0 aliphatic carbocycles. The Labute approximate surface area is 176 Å². The molecular weight excluding hydrogens is 400 g/mol. The lowest BCUT2D eigenvalue weighted by Crippen LogP contribution is -2.43. The SMILES string of the molecule is Cc1nc(N)nc(-n2c(Nc3cnn(C(=O)N4CCOCC4)c3)nc3ccccc32)n1. The lowest BCUT2D eigenvalue weighted by atomic mass is 10.3. The highest BCUT2D eigenvalue weighted by atomic mass is 16.5. The van der Waals surface area contributed by atoms with Crippen LogP contribution in [-0.4, -0.2) is 71.5 Å². The Morgan fingerprint density at radius 1 is 1.13 bits per heavy atom. The van der Waals surface area contributed by atoms with Crippen LogP contribution in [0.3, 0.4) is 0 Å². The van der Waals surface area contributed by atoms with Crippen LogP contribution < -0.4 is 11.1 Å². The number of aryl methyl sites for hydroxylation is 1. The number of para-hydroxylation sites is 2. The summed E-state index contributed by atoms with van der Waals surface area (Å²) in [4.78, 5) is 31.7. The molecule has 158 valence electrons. The number of ether oxygens (including phenoxy) is 1. The molecule has 5 rings (SSSR count). The summed E-state index contributed by atoms with van der Waals surface area (Å²) in [5.41, 5.74) is 7.98. The number of morpholine rings is 1. The second-order valence-electron chi connectivity index (χ2n) is 6.98. The van der Waals surface area contributed by atoms with Gasteiger partial charge in [-0.25, -0.2) is 14.3 Å². The fourth-order valence-corrected chi connectivity index (χ4v) is 3.42. The van der Waals surface area contributed by atoms with Gasteiger partial charge in [-0.2, -0.15) is 24.7 Å². The highest BCUT2D eigenvalue weighted by Gasteiger charge is 2.20. The second kappa shape index (κ2) is 7.65. The number of imidazole rings is 1. The summed E-state index contributed by atoms with van der Waals surface area (Å²) in [6, 6.07) is 7.40. The number of hydrogen-bond acceptors (Lipinski definition) is 9. The predicted molar refractivity (Wildman–Crippen MR) is 112 cm³/mol. The number of nitrogens with zero attached hydrogens (tertiary/aromatic N) is 8. The number of amides is 1. The molecule has 12 nitrogen and oxygen atoms in total. The summed E-state index contributed by atoms with van der Waals surface area (Å²) < 4.78 is 8.35. The maximum Gasteiger partial charge on any atom is 0.344 e. The molecule has 0 atom stereocenters. The molecule has 0 radical (unpaired) electrons. The number of rotatable bonds is 3. The third-order valence-electron chi connectivity index (χ3n) is 4.83. The number of aromatic nitrogens is 7. The van der Waals surface area contributed by atoms with Crippen molar-refractivity contribution in [1.82, 2.24) is 39.2 Å². The summed E-state index contributed by atoms with van der Waals surface area (Å²) in [7, 11) is 0. The van der Waals surface area contributed by atoms with Gasteiger partial charge in [0.25, 0.3) is 0 Å². The molecule has 0 unspecified atom stereocenters. The second-order valence-corrected chi connectivity index (χ2v) is 6.98. The minimum atomic E-state index is -0.203. The number of hydrogen-bond donors (Lipinski definition) is 2. The van der Waals surface area contributed by atoms with Crippen molar-refractivity contribution < 1.29 is 9.53 Å². The molecule has 3 aromatic heterocycles. The highest BCUT2D eigenvalue weighted by molar-refractivity contribution is 5.82. The van der Waals surface area contributed by atoms with Crippen LogP contribution in [0.4, 0.5) is 22.4 Å². The van der Waals surface area contributed by atoms with Gasteiger partial charge in [-0.3, -0.25) is 0 Å². The average Bonchev–Trinajstić information content (AvgIpc) is 3.37. The molecule has 4 aromatic rings. The third kappa shape index (κ3) is 3.64. The maximum atomic E-state index is 12.7. The van der Waals surface area contributed by atoms with Crippen molar-refractivity contribution in [3.8, 4) is 5.95 Å². The summed E-state index contributed by atoms with van der Waals surface area (Å²) in [5.74, 6) is 1.42. The fourth-order valence-electron chi connectivity index (χ4n) is 3.42. The highest BCUT2D eigenvalue weighted by Crippen LogP contribution is 2.25. The first kappa shape index (κ1) is 18.9. The molecule has 1 amide bonds. The van der Waals surface area contributed by atoms with Crippen molar-refractivity contribution in [1.29, 1.82) is 0 Å². The minimum Gasteiger partial charge on any atom is -0.378 e. The van der Waals surface area contributed by atoms with E-state index in [4.69, 9.17) is 10.5 Å². The monoisotopic (exact) mass is 420 g/mol. The Morgan fingerprint density at radius 3 is 2.74 bits per heavy atom. The molecule has 1 aliphatic heterocycles. The van der Waals surface area contributed by atoms with Gasteiger partial charge in [0.15, 0.2) is 0 Å². The van der Waals surface area contributed by atoms with E-state index >= 15 is 0 Å². The molecule has 31 heavy (non-hydrogen) atoms. The quantitative estimate of drug-likeness (QED) is 0.502. The molecule has 0 spiro atoms. The number of carbonyl (C=O) groups excluding carboxylic acids is 1. The molecule has 3 N–H and O–H groups in total. The van der Waals surface area contributed by atoms with Crippen molar-refractivity contribution in [2.45, 2.75) is 6.92 Å². The van der Waals surface area contributed by atoms with Crippen LogP contribution in [0.5, 0.6) is 0 Å². The Morgan fingerprint density at radius 2 is 1.94 bits per heavy atom. The Balaban J connectivity index is 1.50. The zero-order chi connectivity index (χ0) is 21.4. The number of fused-ring (bicyclic) bond motifs is 1. The van der Waals surface area contributed by atoms with Crippen LogP contribution in [0.25, 0.3) is 17.0 Å². The molecule has 4 heterocycles. The van der Waals surface area contributed by atoms with Gasteiger partial charge in [0.2, 0.25) is 17.8 Å². The van der Waals surface area contributed by atoms with E-state index in [1.165, 1.54) is 4.68 Å². The Kier molecular flexibility index (Phi) is 4.67. The number of anilines is 3. The number of benzene rings is 1. The van der Waals surface area contributed by atoms with Crippen LogP contribution in [-0.2, 0) is 4.74 Å². The van der Waals surface area contributed by atoms with E-state index in [1.807, 2.05) is 24.3 Å². The number of nitrogens with two attached hydrogens (primary N) is 1. The van der Waals surface area contributed by atoms with E-state index in [0.717, 1.165) is 11.0 Å². The molecular formula is C19H20N10O2. The maximum absolute atomic E-state index is 12.7. The van der Waals surface area contributed by atoms with Crippen LogP contribution >= 0.6 is 0 Å². The first-order chi connectivity index (χ1) is 15.1. The van der Waals surface area contributed by atoms with Crippen molar-refractivity contribution >= 4 is 34.6 Å². The smallest absolute Gasteiger partial charge is 0.344 e. The minimum absolute atomic E-state index is 0.121. The van der Waals surface area contributed by atoms with Gasteiger partial charge in [-0.05, 0) is 19.1 Å². The molecule has 1 aliphatic rings. The summed E-state index contributed by atoms with van der Waals surface area (Å²) in [6.07, 6.45) is 3.18. The van der Waals surface area contributed by atoms with E-state index in [2.05, 4.69) is 30.4 Å². The van der Waals surface area contributed by atoms with E-state index in [1.54, 1.807) is 28.8 Å². The van der Waals surface area contributed by atoms with Crippen LogP contribution in [0.2, 0.25) is 0 Å². The molecule has 1 saturated heterocycles. The molecule has 1 fully saturated rings. The molecule has 1 aromatic carbocycles. The Hall–Kier alpha value is -4.06. The van der Waals surface area contributed by atoms with Crippen molar-refractivity contribution in [3.63, 3.8) is 0 Å². The van der Waals surface area contributed by atoms with Gasteiger partial charge in [0.05, 0.1) is 42.3 Å². The van der Waals surface area contributed by atoms with E-state index < -0.39 is 0 Å². The van der Waals surface area contributed by atoms with Gasteiger partial charge < -0.3 is 20.7 Å². The summed E-state index contributed by atoms with van der Waals surface area (Å²) in [5, 5.41) is 7.41. The standard InChI is InChI=1S/C19H20N10O2/c1-12-22-16(20)26-17(23-12)29-15-5-3-2-4-14(15)25-18(29)24-13-10-21-28(11-13)19(30)27-6-8-31-9-7-27/h2-5,10-11H,6-9H2,1H3,(H,24,25)(H2,20,22,23,26). The number of nitrogens with one attached hydrogen (secondary N) is 1. The zero-order valence-corrected chi connectivity index (χ0v) is 16.8. The normalized spacial score (nSPS) is 14.2. The van der Waals surface area contributed by atoms with E-state index in [0.29, 0.717) is 49.7 Å². The Bertz CT molecular complexity index is 1240. The number of carbonyl (C=O) groups is 1. The van der Waals surface area contributed by atoms with Crippen LogP contribution in [0.1, 0.15) is 5.82 Å². The van der Waals surface area contributed by atoms with Crippen molar-refractivity contribution in [3.05, 3.63) is 42.5 Å². The average molecular weight is 420 g/mol. The first-order valence-corrected chi connectivity index (χ1v) is 9.73. The molecule has 0 bridgehead atoms. The van der Waals surface area contributed by atoms with Gasteiger partial charge >= 0.3 is 6.03 Å². The van der Waals surface area contributed by atoms with Gasteiger partial charge in [0, 0.05) is 13.1 Å². The topological polar surface area (TPSA) is 142 Å². The van der Waals surface area contributed by atoms with Crippen LogP contribution in [0.15, 0.2) is 36.7 Å². The van der Waals surface area contributed by atoms with Gasteiger partial charge in [-0.15, -0.1) is 0 Å². The lowest BCUT2D eigenvalue weighted by molar-refractivity contribution is 0.0528. The molecule has 0 saturated carbocycles. The van der Waals surface area contributed by atoms with Crippen LogP contribution in [0, 0.1) is 6.92 Å². The summed E-state index contributed by atoms with van der Waals surface area (Å²) in [6.45, 7) is 3.87. The van der Waals surface area contributed by atoms with Gasteiger partial charge in [-0.1, -0.05) is 12.1 Å². The largest absolute Gasteiger partial charge is 0.378 e. The first-order valence-electron chi connectivity index (χ1n) is 9.73. The van der Waals surface area contributed by atoms with Crippen molar-refractivity contribution in [2.24, 2.45) is 0 Å². The zero-order valence-electron chi connectivity index (χ0n) is 16.8. The lowest BCUT2D eigenvalue weighted by Gasteiger charge is -2.26. The fraction of sp³-hybridized carbons (Fsp3) is 0.263. The predicted octanol–water partition coefficient (Wildman–Crippen LogP) is 1.34.